The van der Waals surface area contributed by atoms with Crippen LogP contribution in [0.2, 0.25) is 0 Å². The molecule has 3 aromatic rings. The van der Waals surface area contributed by atoms with E-state index in [-0.39, 0.29) is 17.8 Å². The zero-order valence-electron chi connectivity index (χ0n) is 18.8. The summed E-state index contributed by atoms with van der Waals surface area (Å²) in [6, 6.07) is 11.3. The molecule has 3 N–H and O–H groups in total. The van der Waals surface area contributed by atoms with Crippen LogP contribution in [0.25, 0.3) is 0 Å². The Morgan fingerprint density at radius 1 is 1.26 bits per heavy atom. The highest BCUT2D eigenvalue weighted by Crippen LogP contribution is 2.32. The first-order chi connectivity index (χ1) is 16.6. The van der Waals surface area contributed by atoms with E-state index in [0.717, 1.165) is 36.0 Å². The van der Waals surface area contributed by atoms with Crippen molar-refractivity contribution in [2.75, 3.05) is 25.1 Å². The number of carbonyl (C=O) groups is 1. The lowest BCUT2D eigenvalue weighted by atomic mass is 10.00. The Kier molecular flexibility index (Phi) is 6.22. The Morgan fingerprint density at radius 3 is 3.03 bits per heavy atom. The molecule has 0 bridgehead atoms. The highest BCUT2D eigenvalue weighted by atomic mass is 19.1. The van der Waals surface area contributed by atoms with E-state index < -0.39 is 0 Å². The van der Waals surface area contributed by atoms with E-state index in [4.69, 9.17) is 4.74 Å². The number of aromatic nitrogens is 3. The first-order valence-corrected chi connectivity index (χ1v) is 11.3. The lowest BCUT2D eigenvalue weighted by Crippen LogP contribution is -2.32. The zero-order valence-corrected chi connectivity index (χ0v) is 18.8. The minimum atomic E-state index is -0.353. The van der Waals surface area contributed by atoms with Crippen LogP contribution in [0.4, 0.5) is 10.1 Å². The lowest BCUT2D eigenvalue weighted by molar-refractivity contribution is 0.0924. The smallest absolute Gasteiger partial charge is 0.251 e. The summed E-state index contributed by atoms with van der Waals surface area (Å²) in [6.07, 6.45) is 1.40. The molecule has 176 valence electrons. The fraction of sp³-hybridized carbons (Fsp3) is 0.333. The zero-order chi connectivity index (χ0) is 23.5. The molecular weight excluding hydrogens is 437 g/mol. The van der Waals surface area contributed by atoms with Gasteiger partial charge in [-0.2, -0.15) is 0 Å². The second-order valence-corrected chi connectivity index (χ2v) is 8.29. The molecule has 0 radical (unpaired) electrons. The first-order valence-electron chi connectivity index (χ1n) is 11.3. The van der Waals surface area contributed by atoms with Crippen molar-refractivity contribution >= 4 is 17.3 Å². The second kappa shape index (κ2) is 9.60. The molecule has 0 unspecified atom stereocenters. The molecule has 34 heavy (non-hydrogen) atoms. The minimum Gasteiger partial charge on any atom is -0.493 e. The third-order valence-electron chi connectivity index (χ3n) is 6.04. The second-order valence-electron chi connectivity index (χ2n) is 8.29. The van der Waals surface area contributed by atoms with Gasteiger partial charge in [0.15, 0.2) is 11.6 Å². The fourth-order valence-electron chi connectivity index (χ4n) is 4.17. The number of nitrogens with one attached hydrogen (secondary N) is 3. The summed E-state index contributed by atoms with van der Waals surface area (Å²) in [5.41, 5.74) is 2.91. The van der Waals surface area contributed by atoms with E-state index in [2.05, 4.69) is 31.1 Å². The Morgan fingerprint density at radius 2 is 2.18 bits per heavy atom. The van der Waals surface area contributed by atoms with Gasteiger partial charge in [-0.15, -0.1) is 10.2 Å². The average molecular weight is 464 g/mol. The van der Waals surface area contributed by atoms with Gasteiger partial charge in [0.25, 0.3) is 5.91 Å². The molecule has 0 fully saturated rings. The van der Waals surface area contributed by atoms with Crippen LogP contribution in [0.1, 0.15) is 46.5 Å². The molecule has 0 spiro atoms. The van der Waals surface area contributed by atoms with Crippen LogP contribution in [0.15, 0.2) is 47.5 Å². The fourth-order valence-corrected chi connectivity index (χ4v) is 4.17. The molecule has 9 nitrogen and oxygen atoms in total. The standard InChI is InChI=1S/C24H26FN7O2/c1-32-22(30-31-23(32)20-7-9-26-14-28-20)13-27-17-4-2-3-15(11-17)24(33)29-19-8-10-34-21-6-5-16(25)12-18(19)21/h2-6,11-12,19,26-27H,7-10,13-14H2,1H3,(H,29,33)/t19-/m0/s1. The first kappa shape index (κ1) is 22.0. The van der Waals surface area contributed by atoms with Gasteiger partial charge in [0.05, 0.1) is 31.6 Å². The van der Waals surface area contributed by atoms with Gasteiger partial charge in [-0.05, 0) is 36.4 Å². The minimum absolute atomic E-state index is 0.226. The number of fused-ring (bicyclic) bond motifs is 1. The molecule has 3 heterocycles. The maximum Gasteiger partial charge on any atom is 0.251 e. The molecule has 2 aliphatic rings. The van der Waals surface area contributed by atoms with Crippen molar-refractivity contribution in [3.05, 3.63) is 71.1 Å². The summed E-state index contributed by atoms with van der Waals surface area (Å²) in [5.74, 6) is 1.57. The molecular formula is C24H26FN7O2. The van der Waals surface area contributed by atoms with E-state index in [1.54, 1.807) is 18.2 Å². The highest BCUT2D eigenvalue weighted by Gasteiger charge is 2.24. The van der Waals surface area contributed by atoms with E-state index in [1.807, 2.05) is 23.7 Å². The molecule has 0 saturated heterocycles. The van der Waals surface area contributed by atoms with E-state index in [0.29, 0.717) is 43.1 Å². The number of anilines is 1. The molecule has 1 atom stereocenters. The molecule has 0 aliphatic carbocycles. The molecule has 1 amide bonds. The van der Waals surface area contributed by atoms with Crippen molar-refractivity contribution in [3.63, 3.8) is 0 Å². The van der Waals surface area contributed by atoms with Gasteiger partial charge in [0, 0.05) is 43.2 Å². The summed E-state index contributed by atoms with van der Waals surface area (Å²) in [4.78, 5) is 17.4. The summed E-state index contributed by atoms with van der Waals surface area (Å²) < 4.78 is 21.3. The summed E-state index contributed by atoms with van der Waals surface area (Å²) in [6.45, 7) is 2.39. The van der Waals surface area contributed by atoms with E-state index >= 15 is 0 Å². The largest absolute Gasteiger partial charge is 0.493 e. The maximum atomic E-state index is 13.7. The number of halogens is 1. The topological polar surface area (TPSA) is 105 Å². The summed E-state index contributed by atoms with van der Waals surface area (Å²) >= 11 is 0. The molecule has 10 heteroatoms. The third kappa shape index (κ3) is 4.62. The van der Waals surface area contributed by atoms with Gasteiger partial charge in [-0.1, -0.05) is 6.07 Å². The summed E-state index contributed by atoms with van der Waals surface area (Å²) in [7, 11) is 1.93. The van der Waals surface area contributed by atoms with Crippen molar-refractivity contribution in [2.24, 2.45) is 12.0 Å². The number of hydrogen-bond acceptors (Lipinski definition) is 7. The van der Waals surface area contributed by atoms with Crippen molar-refractivity contribution in [1.29, 1.82) is 0 Å². The number of nitrogens with zero attached hydrogens (tertiary/aromatic N) is 4. The van der Waals surface area contributed by atoms with Crippen molar-refractivity contribution in [2.45, 2.75) is 25.4 Å². The van der Waals surface area contributed by atoms with Gasteiger partial charge >= 0.3 is 0 Å². The molecule has 1 aromatic heterocycles. The molecule has 2 aliphatic heterocycles. The number of hydrogen-bond donors (Lipinski definition) is 3. The Balaban J connectivity index is 1.25. The van der Waals surface area contributed by atoms with Gasteiger partial charge in [-0.3, -0.25) is 15.1 Å². The quantitative estimate of drug-likeness (QED) is 0.519. The summed E-state index contributed by atoms with van der Waals surface area (Å²) in [5, 5.41) is 18.1. The number of amides is 1. The van der Waals surface area contributed by atoms with Crippen LogP contribution >= 0.6 is 0 Å². The van der Waals surface area contributed by atoms with Crippen LogP contribution in [-0.2, 0) is 13.6 Å². The number of ether oxygens (including phenoxy) is 1. The van der Waals surface area contributed by atoms with Crippen molar-refractivity contribution in [3.8, 4) is 5.75 Å². The predicted octanol–water partition coefficient (Wildman–Crippen LogP) is 2.56. The Labute approximate surface area is 196 Å². The highest BCUT2D eigenvalue weighted by molar-refractivity contribution is 5.98. The molecule has 2 aromatic carbocycles. The SMILES string of the molecule is Cn1c(CNc2cccc(C(=O)N[C@H]3CCOc4ccc(F)cc43)c2)nnc1C1=NCNCC1. The van der Waals surface area contributed by atoms with Crippen LogP contribution in [0, 0.1) is 5.82 Å². The maximum absolute atomic E-state index is 13.7. The normalized spacial score (nSPS) is 17.4. The lowest BCUT2D eigenvalue weighted by Gasteiger charge is -2.26. The van der Waals surface area contributed by atoms with Crippen LogP contribution < -0.4 is 20.7 Å². The van der Waals surface area contributed by atoms with E-state index in [1.165, 1.54) is 12.1 Å². The number of carbonyl (C=O) groups excluding carboxylic acids is 1. The third-order valence-corrected chi connectivity index (χ3v) is 6.04. The molecule has 0 saturated carbocycles. The number of rotatable bonds is 6. The number of aliphatic imine (C=N–C) groups is 1. The number of benzene rings is 2. The average Bonchev–Trinajstić information content (AvgIpc) is 3.24. The molecule has 5 rings (SSSR count). The van der Waals surface area contributed by atoms with Crippen molar-refractivity contribution < 1.29 is 13.9 Å². The predicted molar refractivity (Wildman–Crippen MR) is 126 cm³/mol. The van der Waals surface area contributed by atoms with Gasteiger partial charge < -0.3 is 19.9 Å². The van der Waals surface area contributed by atoms with Crippen LogP contribution in [0.3, 0.4) is 0 Å². The van der Waals surface area contributed by atoms with Gasteiger partial charge in [0.1, 0.15) is 11.6 Å². The van der Waals surface area contributed by atoms with Gasteiger partial charge in [-0.25, -0.2) is 4.39 Å². The van der Waals surface area contributed by atoms with Crippen LogP contribution in [-0.4, -0.2) is 46.2 Å². The van der Waals surface area contributed by atoms with Crippen molar-refractivity contribution in [1.82, 2.24) is 25.4 Å². The Bertz CT molecular complexity index is 1240. The van der Waals surface area contributed by atoms with Gasteiger partial charge in [0.2, 0.25) is 0 Å². The van der Waals surface area contributed by atoms with Crippen LogP contribution in [0.5, 0.6) is 5.75 Å². The monoisotopic (exact) mass is 463 g/mol. The Hall–Kier alpha value is -3.79. The van der Waals surface area contributed by atoms with E-state index in [9.17, 15) is 9.18 Å².